The van der Waals surface area contributed by atoms with Crippen molar-refractivity contribution in [1.29, 1.82) is 0 Å². The first-order valence-corrected chi connectivity index (χ1v) is 3.07. The summed E-state index contributed by atoms with van der Waals surface area (Å²) in [6, 6.07) is 0. The lowest BCUT2D eigenvalue weighted by atomic mass is 10.5. The smallest absolute Gasteiger partial charge is 0.432 e. The quantitative estimate of drug-likeness (QED) is 0.198. The second kappa shape index (κ2) is 5.90. The van der Waals surface area contributed by atoms with Gasteiger partial charge in [0, 0.05) is 0 Å². The average Bonchev–Trinajstić information content (AvgIpc) is 1.86. The number of carbonyl (C=O) groups is 1. The number of ether oxygens (including phenoxy) is 2. The standard InChI is InChI=1S/C5H12N2O4/c1-4(2)11-5(8)9-3-10-7-6/h4,7H,3,6H2,1-2H3. The van der Waals surface area contributed by atoms with E-state index in [0.29, 0.717) is 0 Å². The molecular formula is C5H12N2O4. The van der Waals surface area contributed by atoms with Crippen molar-refractivity contribution >= 4 is 6.16 Å². The van der Waals surface area contributed by atoms with Crippen molar-refractivity contribution in [3.63, 3.8) is 0 Å². The molecule has 0 unspecified atom stereocenters. The number of nitrogens with one attached hydrogen (secondary N) is 1. The van der Waals surface area contributed by atoms with Crippen LogP contribution < -0.4 is 11.4 Å². The number of rotatable bonds is 4. The zero-order valence-corrected chi connectivity index (χ0v) is 6.49. The van der Waals surface area contributed by atoms with Gasteiger partial charge in [0.25, 0.3) is 0 Å². The fraction of sp³-hybridized carbons (Fsp3) is 0.800. The first kappa shape index (κ1) is 10.2. The SMILES string of the molecule is CC(C)OC(=O)OCONN. The van der Waals surface area contributed by atoms with Gasteiger partial charge in [0.05, 0.1) is 6.10 Å². The molecule has 0 saturated heterocycles. The molecule has 0 aromatic carbocycles. The van der Waals surface area contributed by atoms with Crippen molar-refractivity contribution in [2.45, 2.75) is 20.0 Å². The molecule has 3 N–H and O–H groups in total. The maximum absolute atomic E-state index is 10.5. The van der Waals surface area contributed by atoms with E-state index in [2.05, 4.69) is 14.3 Å². The van der Waals surface area contributed by atoms with E-state index in [0.717, 1.165) is 0 Å². The maximum atomic E-state index is 10.5. The van der Waals surface area contributed by atoms with Gasteiger partial charge in [0.1, 0.15) is 0 Å². The average molecular weight is 164 g/mol. The molecular weight excluding hydrogens is 152 g/mol. The third-order valence-corrected chi connectivity index (χ3v) is 0.651. The second-order valence-corrected chi connectivity index (χ2v) is 1.94. The monoisotopic (exact) mass is 164 g/mol. The van der Waals surface area contributed by atoms with Gasteiger partial charge in [-0.05, 0) is 13.8 Å². The second-order valence-electron chi connectivity index (χ2n) is 1.94. The predicted molar refractivity (Wildman–Crippen MR) is 36.0 cm³/mol. The molecule has 0 rings (SSSR count). The Kier molecular flexibility index (Phi) is 5.44. The van der Waals surface area contributed by atoms with E-state index in [-0.39, 0.29) is 12.9 Å². The third-order valence-electron chi connectivity index (χ3n) is 0.651. The van der Waals surface area contributed by atoms with E-state index in [4.69, 9.17) is 5.84 Å². The normalized spacial score (nSPS) is 9.82. The Morgan fingerprint density at radius 2 is 2.27 bits per heavy atom. The zero-order chi connectivity index (χ0) is 8.69. The van der Waals surface area contributed by atoms with Crippen LogP contribution in [0.25, 0.3) is 0 Å². The Morgan fingerprint density at radius 1 is 1.64 bits per heavy atom. The van der Waals surface area contributed by atoms with Crippen molar-refractivity contribution < 1.29 is 19.1 Å². The topological polar surface area (TPSA) is 82.8 Å². The van der Waals surface area contributed by atoms with Crippen LogP contribution >= 0.6 is 0 Å². The van der Waals surface area contributed by atoms with Crippen molar-refractivity contribution in [1.82, 2.24) is 5.59 Å². The van der Waals surface area contributed by atoms with Crippen LogP contribution in [0.2, 0.25) is 0 Å². The Morgan fingerprint density at radius 3 is 2.73 bits per heavy atom. The molecule has 0 saturated carbocycles. The molecule has 0 amide bonds. The molecule has 0 atom stereocenters. The van der Waals surface area contributed by atoms with E-state index in [1.165, 1.54) is 0 Å². The molecule has 0 radical (unpaired) electrons. The van der Waals surface area contributed by atoms with Gasteiger partial charge in [0.15, 0.2) is 0 Å². The van der Waals surface area contributed by atoms with E-state index >= 15 is 0 Å². The molecule has 11 heavy (non-hydrogen) atoms. The van der Waals surface area contributed by atoms with E-state index < -0.39 is 6.16 Å². The van der Waals surface area contributed by atoms with Gasteiger partial charge in [0.2, 0.25) is 6.79 Å². The molecule has 6 heteroatoms. The molecule has 0 aromatic heterocycles. The van der Waals surface area contributed by atoms with Crippen LogP contribution in [0.3, 0.4) is 0 Å². The van der Waals surface area contributed by atoms with Crippen molar-refractivity contribution in [2.75, 3.05) is 6.79 Å². The van der Waals surface area contributed by atoms with E-state index in [1.807, 2.05) is 5.59 Å². The van der Waals surface area contributed by atoms with Crippen molar-refractivity contribution in [3.05, 3.63) is 0 Å². The van der Waals surface area contributed by atoms with Crippen LogP contribution in [0.15, 0.2) is 0 Å². The molecule has 0 aliphatic rings. The molecule has 6 nitrogen and oxygen atoms in total. The van der Waals surface area contributed by atoms with E-state index in [9.17, 15) is 4.79 Å². The highest BCUT2D eigenvalue weighted by atomic mass is 16.8. The van der Waals surface area contributed by atoms with E-state index in [1.54, 1.807) is 13.8 Å². The molecule has 66 valence electrons. The largest absolute Gasteiger partial charge is 0.510 e. The van der Waals surface area contributed by atoms with Crippen LogP contribution in [-0.2, 0) is 14.3 Å². The highest BCUT2D eigenvalue weighted by molar-refractivity contribution is 5.59. The first-order valence-electron chi connectivity index (χ1n) is 3.07. The number of nitrogens with two attached hydrogens (primary N) is 1. The summed E-state index contributed by atoms with van der Waals surface area (Å²) in [5.41, 5.74) is 1.84. The summed E-state index contributed by atoms with van der Waals surface area (Å²) in [7, 11) is 0. The number of hydrogen-bond donors (Lipinski definition) is 2. The van der Waals surface area contributed by atoms with Crippen LogP contribution in [0, 0.1) is 0 Å². The summed E-state index contributed by atoms with van der Waals surface area (Å²) in [5.74, 6) is 4.71. The maximum Gasteiger partial charge on any atom is 0.510 e. The summed E-state index contributed by atoms with van der Waals surface area (Å²) >= 11 is 0. The molecule has 0 fully saturated rings. The number of hydrogen-bond acceptors (Lipinski definition) is 6. The molecule has 0 aliphatic carbocycles. The summed E-state index contributed by atoms with van der Waals surface area (Å²) in [4.78, 5) is 14.8. The lowest BCUT2D eigenvalue weighted by Crippen LogP contribution is -2.25. The highest BCUT2D eigenvalue weighted by Crippen LogP contribution is 1.91. The minimum Gasteiger partial charge on any atom is -0.432 e. The summed E-state index contributed by atoms with van der Waals surface area (Å²) in [6.07, 6.45) is -0.983. The fourth-order valence-corrected chi connectivity index (χ4v) is 0.338. The lowest BCUT2D eigenvalue weighted by Gasteiger charge is -2.07. The van der Waals surface area contributed by atoms with Gasteiger partial charge in [-0.25, -0.2) is 15.5 Å². The minimum atomic E-state index is -0.782. The van der Waals surface area contributed by atoms with Crippen LogP contribution in [-0.4, -0.2) is 19.1 Å². The van der Waals surface area contributed by atoms with Crippen molar-refractivity contribution in [2.24, 2.45) is 5.84 Å². The third kappa shape index (κ3) is 7.04. The van der Waals surface area contributed by atoms with Gasteiger partial charge in [-0.15, -0.1) is 5.59 Å². The lowest BCUT2D eigenvalue weighted by molar-refractivity contribution is -0.0897. The van der Waals surface area contributed by atoms with Gasteiger partial charge < -0.3 is 9.47 Å². The predicted octanol–water partition coefficient (Wildman–Crippen LogP) is -0.0996. The molecule has 0 aromatic rings. The Hall–Kier alpha value is -0.850. The molecule has 0 spiro atoms. The highest BCUT2D eigenvalue weighted by Gasteiger charge is 2.04. The summed E-state index contributed by atoms with van der Waals surface area (Å²) in [6.45, 7) is 3.15. The Balaban J connectivity index is 3.23. The summed E-state index contributed by atoms with van der Waals surface area (Å²) < 4.78 is 8.95. The van der Waals surface area contributed by atoms with Crippen LogP contribution in [0.1, 0.15) is 13.8 Å². The Bertz CT molecular complexity index is 117. The molecule has 0 heterocycles. The molecule has 0 bridgehead atoms. The minimum absolute atomic E-state index is 0.201. The van der Waals surface area contributed by atoms with Gasteiger partial charge in [-0.3, -0.25) is 0 Å². The van der Waals surface area contributed by atoms with Crippen molar-refractivity contribution in [3.8, 4) is 0 Å². The fourth-order valence-electron chi connectivity index (χ4n) is 0.338. The number of hydrazine groups is 1. The number of carbonyl (C=O) groups excluding carboxylic acids is 1. The zero-order valence-electron chi connectivity index (χ0n) is 6.49. The van der Waals surface area contributed by atoms with Gasteiger partial charge in [-0.2, -0.15) is 0 Å². The first-order chi connectivity index (χ1) is 5.16. The van der Waals surface area contributed by atoms with Gasteiger partial charge >= 0.3 is 6.16 Å². The van der Waals surface area contributed by atoms with Gasteiger partial charge in [-0.1, -0.05) is 0 Å². The summed E-state index contributed by atoms with van der Waals surface area (Å²) in [5, 5.41) is 0. The van der Waals surface area contributed by atoms with Crippen LogP contribution in [0.4, 0.5) is 4.79 Å². The Labute approximate surface area is 64.5 Å². The molecule has 0 aliphatic heterocycles. The van der Waals surface area contributed by atoms with Crippen LogP contribution in [0.5, 0.6) is 0 Å².